The van der Waals surface area contributed by atoms with Gasteiger partial charge in [-0.05, 0) is 135 Å². The molecule has 3 aliphatic rings. The summed E-state index contributed by atoms with van der Waals surface area (Å²) in [6.45, 7) is 23.1. The molecule has 0 spiro atoms. The maximum absolute atomic E-state index is 7.64. The lowest BCUT2D eigenvalue weighted by Gasteiger charge is -2.44. The molecule has 1 aliphatic carbocycles. The minimum Gasteiger partial charge on any atom is -0.466 e. The van der Waals surface area contributed by atoms with Crippen LogP contribution in [-0.2, 0) is 21.7 Å². The van der Waals surface area contributed by atoms with Crippen molar-refractivity contribution in [2.24, 2.45) is 0 Å². The van der Waals surface area contributed by atoms with E-state index in [2.05, 4.69) is 206 Å². The Balaban J connectivity index is 1.22. The maximum Gasteiger partial charge on any atom is 0.376 e. The molecule has 0 saturated heterocycles. The van der Waals surface area contributed by atoms with Crippen molar-refractivity contribution in [2.75, 3.05) is 9.71 Å². The monoisotopic (exact) mass is 878 g/mol. The number of anilines is 5. The van der Waals surface area contributed by atoms with Gasteiger partial charge >= 0.3 is 6.85 Å². The van der Waals surface area contributed by atoms with E-state index in [1.165, 1.54) is 64.7 Å². The summed E-state index contributed by atoms with van der Waals surface area (Å²) >= 11 is 1.88. The van der Waals surface area contributed by atoms with Gasteiger partial charge in [-0.15, -0.1) is 11.3 Å². The van der Waals surface area contributed by atoms with Gasteiger partial charge in [0.15, 0.2) is 5.58 Å². The molecule has 0 atom stereocenters. The summed E-state index contributed by atoms with van der Waals surface area (Å²) in [5, 5.41) is 5.96. The fourth-order valence-corrected chi connectivity index (χ4v) is 12.9. The van der Waals surface area contributed by atoms with Gasteiger partial charge in [0.25, 0.3) is 0 Å². The van der Waals surface area contributed by atoms with Gasteiger partial charge in [0.2, 0.25) is 0 Å². The molecule has 7 aromatic carbocycles. The van der Waals surface area contributed by atoms with E-state index >= 15 is 0 Å². The molecule has 2 aliphatic heterocycles. The summed E-state index contributed by atoms with van der Waals surface area (Å²) in [7, 11) is 0. The summed E-state index contributed by atoms with van der Waals surface area (Å²) in [6, 6.07) is 48.4. The maximum atomic E-state index is 7.64. The average Bonchev–Trinajstić information content (AvgIpc) is 3.97. The molecule has 10 aromatic rings. The highest BCUT2D eigenvalue weighted by molar-refractivity contribution is 7.25. The van der Waals surface area contributed by atoms with Crippen LogP contribution in [0.1, 0.15) is 104 Å². The Hall–Kier alpha value is -6.24. The second-order valence-corrected chi connectivity index (χ2v) is 23.9. The largest absolute Gasteiger partial charge is 0.466 e. The van der Waals surface area contributed by atoms with Gasteiger partial charge in [-0.3, -0.25) is 0 Å². The highest BCUT2D eigenvalue weighted by Crippen LogP contribution is 2.55. The first-order chi connectivity index (χ1) is 31.5. The second kappa shape index (κ2) is 13.2. The number of hydrogen-bond acceptors (Lipinski definition) is 5. The third kappa shape index (κ3) is 5.57. The summed E-state index contributed by atoms with van der Waals surface area (Å²) in [5.74, 6) is 0. The van der Waals surface area contributed by atoms with Gasteiger partial charge in [0.05, 0.1) is 11.4 Å². The Morgan fingerprint density at radius 1 is 0.530 bits per heavy atom. The highest BCUT2D eigenvalue weighted by atomic mass is 32.1. The molecule has 5 heterocycles. The molecule has 326 valence electrons. The minimum atomic E-state index is -0.307. The van der Waals surface area contributed by atoms with E-state index < -0.39 is 0 Å². The smallest absolute Gasteiger partial charge is 0.376 e. The zero-order valence-electron chi connectivity index (χ0n) is 39.7. The van der Waals surface area contributed by atoms with Crippen LogP contribution in [0.4, 0.5) is 28.4 Å². The lowest BCUT2D eigenvalue weighted by Crippen LogP contribution is -2.61. The Labute approximate surface area is 391 Å². The quantitative estimate of drug-likeness (QED) is 0.162. The van der Waals surface area contributed by atoms with Crippen LogP contribution < -0.4 is 20.8 Å². The van der Waals surface area contributed by atoms with Crippen LogP contribution in [0, 0.1) is 0 Å². The molecule has 0 N–H and O–H groups in total. The molecule has 0 radical (unpaired) electrons. The number of nitrogens with zero attached hydrogens (tertiary/aromatic N) is 2. The molecular formula is C60H55BN2O2S. The van der Waals surface area contributed by atoms with Gasteiger partial charge < -0.3 is 18.5 Å². The standard InChI is InChI=1S/C60H55BN2O2S/c1-57(2,3)34-19-23-36(24-20-34)62-53-44-31-45-46(60(9,10)28-27-59(45,7)8)32-49(44)65-56(53)61-52-42(30-43-38-15-11-13-17-48(38)64-55(43)54(52)62)40-29-41-39-16-12-14-18-50(39)66-51(41)33-47(40)63(61)37-25-21-35(22-26-37)58(4,5)6/h11-26,29-33H,27-28H2,1-10H3. The van der Waals surface area contributed by atoms with Gasteiger partial charge in [0, 0.05) is 59.0 Å². The Bertz CT molecular complexity index is 3680. The number of hydrogen-bond donors (Lipinski definition) is 0. The Morgan fingerprint density at radius 3 is 1.82 bits per heavy atom. The van der Waals surface area contributed by atoms with Crippen molar-refractivity contribution >= 4 is 111 Å². The van der Waals surface area contributed by atoms with Crippen LogP contribution in [0.2, 0.25) is 0 Å². The third-order valence-electron chi connectivity index (χ3n) is 15.6. The van der Waals surface area contributed by atoms with E-state index in [0.29, 0.717) is 0 Å². The van der Waals surface area contributed by atoms with Crippen molar-refractivity contribution in [3.8, 4) is 11.1 Å². The van der Waals surface area contributed by atoms with Crippen molar-refractivity contribution < 1.29 is 8.83 Å². The first-order valence-electron chi connectivity index (χ1n) is 23.8. The summed E-state index contributed by atoms with van der Waals surface area (Å²) in [4.78, 5) is 5.12. The number of furan rings is 2. The number of rotatable bonds is 2. The van der Waals surface area contributed by atoms with Gasteiger partial charge in [0.1, 0.15) is 16.8 Å². The first kappa shape index (κ1) is 40.1. The molecule has 13 rings (SSSR count). The van der Waals surface area contributed by atoms with Gasteiger partial charge in [-0.1, -0.05) is 130 Å². The summed E-state index contributed by atoms with van der Waals surface area (Å²) in [6.07, 6.45) is 2.26. The van der Waals surface area contributed by atoms with E-state index in [0.717, 1.165) is 74.2 Å². The van der Waals surface area contributed by atoms with Crippen LogP contribution in [0.5, 0.6) is 0 Å². The molecule has 0 fully saturated rings. The lowest BCUT2D eigenvalue weighted by atomic mass is 9.45. The highest BCUT2D eigenvalue weighted by Gasteiger charge is 2.51. The average molecular weight is 879 g/mol. The number of thiophene rings is 1. The predicted molar refractivity (Wildman–Crippen MR) is 283 cm³/mol. The Kier molecular flexibility index (Phi) is 8.03. The minimum absolute atomic E-state index is 0.00169. The van der Waals surface area contributed by atoms with E-state index in [4.69, 9.17) is 8.83 Å². The molecule has 4 nitrogen and oxygen atoms in total. The van der Waals surface area contributed by atoms with E-state index in [9.17, 15) is 0 Å². The fourth-order valence-electron chi connectivity index (χ4n) is 11.7. The molecule has 6 heteroatoms. The van der Waals surface area contributed by atoms with Crippen LogP contribution in [0.25, 0.3) is 64.2 Å². The molecular weight excluding hydrogens is 824 g/mol. The summed E-state index contributed by atoms with van der Waals surface area (Å²) < 4.78 is 17.4. The van der Waals surface area contributed by atoms with Crippen LogP contribution in [0.3, 0.4) is 0 Å². The van der Waals surface area contributed by atoms with Gasteiger partial charge in [-0.2, -0.15) is 0 Å². The fraction of sp³-hybridized carbons (Fsp3) is 0.267. The van der Waals surface area contributed by atoms with E-state index in [-0.39, 0.29) is 28.5 Å². The number of fused-ring (bicyclic) bond motifs is 14. The van der Waals surface area contributed by atoms with Crippen LogP contribution in [0.15, 0.2) is 136 Å². The molecule has 66 heavy (non-hydrogen) atoms. The van der Waals surface area contributed by atoms with Crippen LogP contribution >= 0.6 is 11.3 Å². The SMILES string of the molecule is CC(C)(C)c1ccc(N2B3c4oc5cc6c(cc5c4N(c4ccc(C(C)(C)C)cc4)c4c3c(cc3c4oc4ccccc43)-c3cc4c(cc32)sc2ccccc24)C(C)(C)CCC6(C)C)cc1. The second-order valence-electron chi connectivity index (χ2n) is 22.8. The first-order valence-corrected chi connectivity index (χ1v) is 24.6. The van der Waals surface area contributed by atoms with Crippen molar-refractivity contribution in [1.29, 1.82) is 0 Å². The molecule has 0 saturated carbocycles. The molecule has 0 bridgehead atoms. The molecule has 0 amide bonds. The molecule has 0 unspecified atom stereocenters. The van der Waals surface area contributed by atoms with Crippen molar-refractivity contribution in [2.45, 2.75) is 104 Å². The zero-order chi connectivity index (χ0) is 45.4. The third-order valence-corrected chi connectivity index (χ3v) is 16.8. The van der Waals surface area contributed by atoms with Gasteiger partial charge in [-0.25, -0.2) is 0 Å². The summed E-state index contributed by atoms with van der Waals surface area (Å²) in [5.41, 5.74) is 18.3. The Morgan fingerprint density at radius 2 is 1.14 bits per heavy atom. The van der Waals surface area contributed by atoms with Crippen molar-refractivity contribution in [3.63, 3.8) is 0 Å². The van der Waals surface area contributed by atoms with Crippen LogP contribution in [-0.4, -0.2) is 6.85 Å². The predicted octanol–water partition coefficient (Wildman–Crippen LogP) is 16.4. The topological polar surface area (TPSA) is 32.8 Å². The number of benzene rings is 7. The normalized spacial score (nSPS) is 16.4. The van der Waals surface area contributed by atoms with Crippen molar-refractivity contribution in [3.05, 3.63) is 150 Å². The zero-order valence-corrected chi connectivity index (χ0v) is 40.6. The molecule has 3 aromatic heterocycles. The van der Waals surface area contributed by atoms with Crippen molar-refractivity contribution in [1.82, 2.24) is 0 Å². The lowest BCUT2D eigenvalue weighted by molar-refractivity contribution is 0.332. The van der Waals surface area contributed by atoms with E-state index in [1.807, 2.05) is 11.3 Å². The van der Waals surface area contributed by atoms with E-state index in [1.54, 1.807) is 0 Å². The number of para-hydroxylation sites is 1.